The van der Waals surface area contributed by atoms with Crippen LogP contribution in [0.1, 0.15) is 0 Å². The molecule has 0 atom stereocenters. The molecular formula is C16H8O2. The minimum Gasteiger partial charge on any atom is -0.504 e. The molecule has 0 fully saturated rings. The van der Waals surface area contributed by atoms with Crippen LogP contribution >= 0.6 is 0 Å². The van der Waals surface area contributed by atoms with Crippen LogP contribution in [-0.4, -0.2) is 10.2 Å². The number of fused-ring (bicyclic) bond motifs is 1. The van der Waals surface area contributed by atoms with Gasteiger partial charge in [-0.1, -0.05) is 30.3 Å². The third-order valence-corrected chi connectivity index (χ3v) is 4.15. The second kappa shape index (κ2) is 2.36. The Kier molecular flexibility index (Phi) is 1.13. The number of hydrogen-bond acceptors (Lipinski definition) is 2. The molecule has 0 unspecified atom stereocenters. The summed E-state index contributed by atoms with van der Waals surface area (Å²) in [7, 11) is 0. The third kappa shape index (κ3) is 0.663. The Bertz CT molecular complexity index is 1030. The predicted octanol–water partition coefficient (Wildman–Crippen LogP) is 4.02. The lowest BCUT2D eigenvalue weighted by molar-refractivity contribution is 0.413. The average molecular weight is 232 g/mol. The molecule has 0 saturated carbocycles. The molecule has 7 aromatic rings. The second-order valence-electron chi connectivity index (χ2n) is 4.94. The van der Waals surface area contributed by atoms with E-state index < -0.39 is 0 Å². The van der Waals surface area contributed by atoms with Gasteiger partial charge in [0.15, 0.2) is 11.5 Å². The number of rotatable bonds is 0. The summed E-state index contributed by atoms with van der Waals surface area (Å²) in [5, 5.41) is 28.5. The monoisotopic (exact) mass is 232 g/mol. The summed E-state index contributed by atoms with van der Waals surface area (Å²) in [6.07, 6.45) is 0. The molecule has 0 aliphatic rings. The topological polar surface area (TPSA) is 40.5 Å². The lowest BCUT2D eigenvalue weighted by Gasteiger charge is -2.20. The van der Waals surface area contributed by atoms with E-state index >= 15 is 0 Å². The van der Waals surface area contributed by atoms with Crippen LogP contribution in [0, 0.1) is 0 Å². The second-order valence-corrected chi connectivity index (χ2v) is 4.94. The quantitative estimate of drug-likeness (QED) is 0.312. The number of benzene rings is 7. The van der Waals surface area contributed by atoms with E-state index in [0.717, 1.165) is 43.1 Å². The van der Waals surface area contributed by atoms with Gasteiger partial charge in [-0.25, -0.2) is 0 Å². The van der Waals surface area contributed by atoms with E-state index in [4.69, 9.17) is 0 Å². The van der Waals surface area contributed by atoms with E-state index in [-0.39, 0.29) is 11.5 Å². The van der Waals surface area contributed by atoms with Crippen molar-refractivity contribution in [3.8, 4) is 11.5 Å². The van der Waals surface area contributed by atoms with Crippen molar-refractivity contribution >= 4 is 43.1 Å². The summed E-state index contributed by atoms with van der Waals surface area (Å²) < 4.78 is 0. The first-order valence-electron chi connectivity index (χ1n) is 5.93. The number of phenols is 2. The largest absolute Gasteiger partial charge is 0.504 e. The molecule has 0 saturated heterocycles. The van der Waals surface area contributed by atoms with E-state index in [1.165, 1.54) is 0 Å². The first-order valence-corrected chi connectivity index (χ1v) is 5.93. The maximum absolute atomic E-state index is 10.2. The maximum atomic E-state index is 10.2. The van der Waals surface area contributed by atoms with Gasteiger partial charge in [-0.15, -0.1) is 0 Å². The summed E-state index contributed by atoms with van der Waals surface area (Å²) in [4.78, 5) is 0. The van der Waals surface area contributed by atoms with Crippen molar-refractivity contribution in [3.63, 3.8) is 0 Å². The lowest BCUT2D eigenvalue weighted by Crippen LogP contribution is -1.92. The smallest absolute Gasteiger partial charge is 0.166 e. The minimum atomic E-state index is -0.00120. The molecular weight excluding hydrogens is 224 g/mol. The molecule has 0 spiro atoms. The van der Waals surface area contributed by atoms with Gasteiger partial charge >= 0.3 is 0 Å². The van der Waals surface area contributed by atoms with Crippen LogP contribution in [0.25, 0.3) is 43.1 Å². The zero-order valence-corrected chi connectivity index (χ0v) is 9.36. The molecule has 0 heterocycles. The highest BCUT2D eigenvalue weighted by Crippen LogP contribution is 2.52. The van der Waals surface area contributed by atoms with E-state index in [1.54, 1.807) is 0 Å². The summed E-state index contributed by atoms with van der Waals surface area (Å²) in [5.74, 6) is 0.00972. The molecule has 18 heavy (non-hydrogen) atoms. The molecule has 6 bridgehead atoms. The van der Waals surface area contributed by atoms with Crippen LogP contribution in [0.15, 0.2) is 36.4 Å². The van der Waals surface area contributed by atoms with Gasteiger partial charge in [-0.05, 0) is 27.6 Å². The van der Waals surface area contributed by atoms with Crippen molar-refractivity contribution in [1.29, 1.82) is 0 Å². The normalized spacial score (nSPS) is 12.9. The third-order valence-electron chi connectivity index (χ3n) is 4.15. The van der Waals surface area contributed by atoms with Gasteiger partial charge < -0.3 is 10.2 Å². The van der Waals surface area contributed by atoms with Gasteiger partial charge in [0.2, 0.25) is 0 Å². The Labute approximate surface area is 102 Å². The average Bonchev–Trinajstić information content (AvgIpc) is 2.44. The summed E-state index contributed by atoms with van der Waals surface area (Å²) in [5.41, 5.74) is 0. The minimum absolute atomic E-state index is 0.00120. The summed E-state index contributed by atoms with van der Waals surface area (Å²) in [6, 6.07) is 12.1. The van der Waals surface area contributed by atoms with Crippen LogP contribution in [0.3, 0.4) is 0 Å². The lowest BCUT2D eigenvalue weighted by atomic mass is 9.84. The zero-order chi connectivity index (χ0) is 12.0. The Morgan fingerprint density at radius 2 is 1.39 bits per heavy atom. The van der Waals surface area contributed by atoms with Crippen molar-refractivity contribution in [2.45, 2.75) is 0 Å². The van der Waals surface area contributed by atoms with E-state index in [2.05, 4.69) is 18.2 Å². The Hall–Kier alpha value is -2.48. The molecule has 0 aliphatic carbocycles. The molecule has 84 valence electrons. The van der Waals surface area contributed by atoms with Gasteiger partial charge in [-0.2, -0.15) is 0 Å². The summed E-state index contributed by atoms with van der Waals surface area (Å²) in [6.45, 7) is 0. The molecule has 7 rings (SSSR count). The number of phenolic OH excluding ortho intramolecular Hbond substituents is 2. The van der Waals surface area contributed by atoms with Gasteiger partial charge in [0.25, 0.3) is 0 Å². The molecule has 0 amide bonds. The Morgan fingerprint density at radius 1 is 0.611 bits per heavy atom. The van der Waals surface area contributed by atoms with Crippen LogP contribution in [0.2, 0.25) is 0 Å². The fraction of sp³-hybridized carbons (Fsp3) is 0. The highest BCUT2D eigenvalue weighted by molar-refractivity contribution is 6.40. The highest BCUT2D eigenvalue weighted by atomic mass is 16.3. The summed E-state index contributed by atoms with van der Waals surface area (Å²) >= 11 is 0. The first kappa shape index (κ1) is 8.59. The van der Waals surface area contributed by atoms with Gasteiger partial charge in [-0.3, -0.25) is 0 Å². The maximum Gasteiger partial charge on any atom is 0.166 e. The molecule has 7 aromatic carbocycles. The molecule has 0 radical (unpaired) electrons. The number of hydrogen-bond donors (Lipinski definition) is 2. The number of aromatic hydroxyl groups is 2. The highest BCUT2D eigenvalue weighted by Gasteiger charge is 2.23. The fourth-order valence-electron chi connectivity index (χ4n) is 3.42. The van der Waals surface area contributed by atoms with Crippen molar-refractivity contribution < 1.29 is 10.2 Å². The van der Waals surface area contributed by atoms with Crippen LogP contribution < -0.4 is 0 Å². The van der Waals surface area contributed by atoms with Gasteiger partial charge in [0, 0.05) is 21.5 Å². The Morgan fingerprint density at radius 3 is 2.28 bits per heavy atom. The van der Waals surface area contributed by atoms with Gasteiger partial charge in [0.05, 0.1) is 0 Å². The molecule has 2 N–H and O–H groups in total. The SMILES string of the molecule is Oc1c(O)c2c3ccc4cc3c3cccc1c3c42. The van der Waals surface area contributed by atoms with Crippen LogP contribution in [0.4, 0.5) is 0 Å². The van der Waals surface area contributed by atoms with E-state index in [1.807, 2.05) is 18.2 Å². The van der Waals surface area contributed by atoms with Crippen molar-refractivity contribution in [3.05, 3.63) is 36.4 Å². The molecule has 2 heteroatoms. The molecule has 0 aromatic heterocycles. The Balaban J connectivity index is 2.43. The molecule has 0 aliphatic heterocycles. The van der Waals surface area contributed by atoms with Crippen molar-refractivity contribution in [2.75, 3.05) is 0 Å². The fourth-order valence-corrected chi connectivity index (χ4v) is 3.42. The van der Waals surface area contributed by atoms with Gasteiger partial charge in [0.1, 0.15) is 0 Å². The first-order chi connectivity index (χ1) is 8.77. The standard InChI is InChI=1S/C16H8O2/c17-15-10-3-1-2-8-11-6-7-4-5-9(11)14(16(15)18)12(7)13(8)10/h1-6,17-18H. The molecule has 2 nitrogen and oxygen atoms in total. The van der Waals surface area contributed by atoms with Crippen LogP contribution in [-0.2, 0) is 0 Å². The van der Waals surface area contributed by atoms with Crippen molar-refractivity contribution in [2.24, 2.45) is 0 Å². The zero-order valence-electron chi connectivity index (χ0n) is 9.36. The van der Waals surface area contributed by atoms with Crippen molar-refractivity contribution in [1.82, 2.24) is 0 Å². The van der Waals surface area contributed by atoms with Crippen LogP contribution in [0.5, 0.6) is 11.5 Å². The van der Waals surface area contributed by atoms with E-state index in [0.29, 0.717) is 0 Å². The van der Waals surface area contributed by atoms with E-state index in [9.17, 15) is 10.2 Å². The predicted molar refractivity (Wildman–Crippen MR) is 73.4 cm³/mol.